The van der Waals surface area contributed by atoms with Gasteiger partial charge in [-0.2, -0.15) is 0 Å². The minimum absolute atomic E-state index is 0.114. The Bertz CT molecular complexity index is 1170. The molecule has 37 heavy (non-hydrogen) atoms. The smallest absolute Gasteiger partial charge is 0.338 e. The summed E-state index contributed by atoms with van der Waals surface area (Å²) in [4.78, 5) is 24.2. The molecule has 4 aliphatic rings. The van der Waals surface area contributed by atoms with E-state index in [1.54, 1.807) is 5.48 Å². The fourth-order valence-corrected chi connectivity index (χ4v) is 7.23. The van der Waals surface area contributed by atoms with Crippen LogP contribution >= 0.6 is 0 Å². The zero-order valence-electron chi connectivity index (χ0n) is 22.0. The van der Waals surface area contributed by atoms with Crippen molar-refractivity contribution in [3.05, 3.63) is 60.2 Å². The standard InChI is InChI=1S/C31H37NO5/c1-19(29(34)37-30(2,3)4)24-7-10-26(23-5-8-25(9-6-23)36-18-28(33)32-35)27(14-24)31-15-20-11-21(16-31)13-22(12-20)17-31/h5-10,14,20-22,35H,1,11-13,15-18H2,2-4H3,(H,32,33). The molecule has 6 heteroatoms. The minimum Gasteiger partial charge on any atom is -0.484 e. The molecule has 0 saturated heterocycles. The van der Waals surface area contributed by atoms with Crippen molar-refractivity contribution in [2.75, 3.05) is 6.61 Å². The van der Waals surface area contributed by atoms with Crippen molar-refractivity contribution < 1.29 is 24.3 Å². The Balaban J connectivity index is 1.51. The molecule has 6 nitrogen and oxygen atoms in total. The van der Waals surface area contributed by atoms with Gasteiger partial charge in [0.1, 0.15) is 11.4 Å². The molecule has 2 aromatic carbocycles. The first-order chi connectivity index (χ1) is 17.5. The first-order valence-electron chi connectivity index (χ1n) is 13.3. The van der Waals surface area contributed by atoms with Crippen LogP contribution in [0.5, 0.6) is 5.75 Å². The fourth-order valence-electron chi connectivity index (χ4n) is 7.23. The number of hydrogen-bond donors (Lipinski definition) is 2. The molecule has 0 spiro atoms. The van der Waals surface area contributed by atoms with Crippen LogP contribution in [0.2, 0.25) is 0 Å². The molecule has 4 bridgehead atoms. The van der Waals surface area contributed by atoms with Gasteiger partial charge in [0.25, 0.3) is 5.91 Å². The van der Waals surface area contributed by atoms with Gasteiger partial charge in [-0.25, -0.2) is 10.3 Å². The third kappa shape index (κ3) is 5.30. The van der Waals surface area contributed by atoms with Crippen LogP contribution in [0.4, 0.5) is 0 Å². The monoisotopic (exact) mass is 503 g/mol. The van der Waals surface area contributed by atoms with Crippen LogP contribution in [-0.2, 0) is 19.7 Å². The lowest BCUT2D eigenvalue weighted by Crippen LogP contribution is -2.48. The Hall–Kier alpha value is -3.12. The second kappa shape index (κ2) is 9.64. The van der Waals surface area contributed by atoms with Gasteiger partial charge in [0.15, 0.2) is 6.61 Å². The number of hydroxylamine groups is 1. The molecule has 196 valence electrons. The van der Waals surface area contributed by atoms with Gasteiger partial charge < -0.3 is 9.47 Å². The summed E-state index contributed by atoms with van der Waals surface area (Å²) < 4.78 is 11.1. The number of benzene rings is 2. The molecule has 0 aliphatic heterocycles. The van der Waals surface area contributed by atoms with Gasteiger partial charge in [-0.3, -0.25) is 10.0 Å². The first kappa shape index (κ1) is 25.5. The quantitative estimate of drug-likeness (QED) is 0.208. The molecule has 0 heterocycles. The highest BCUT2D eigenvalue weighted by Crippen LogP contribution is 2.62. The van der Waals surface area contributed by atoms with Crippen LogP contribution in [0.1, 0.15) is 70.4 Å². The highest BCUT2D eigenvalue weighted by molar-refractivity contribution is 6.15. The Labute approximate surface area is 219 Å². The Morgan fingerprint density at radius 1 is 1.00 bits per heavy atom. The summed E-state index contributed by atoms with van der Waals surface area (Å²) >= 11 is 0. The van der Waals surface area contributed by atoms with Crippen molar-refractivity contribution in [2.24, 2.45) is 17.8 Å². The molecular weight excluding hydrogens is 466 g/mol. The number of hydrogen-bond acceptors (Lipinski definition) is 5. The average molecular weight is 504 g/mol. The average Bonchev–Trinajstić information content (AvgIpc) is 2.85. The van der Waals surface area contributed by atoms with Crippen molar-refractivity contribution in [3.8, 4) is 16.9 Å². The maximum Gasteiger partial charge on any atom is 0.338 e. The van der Waals surface area contributed by atoms with E-state index in [-0.39, 0.29) is 18.0 Å². The van der Waals surface area contributed by atoms with Gasteiger partial charge in [0.2, 0.25) is 0 Å². The molecule has 0 unspecified atom stereocenters. The molecule has 1 amide bonds. The topological polar surface area (TPSA) is 84.9 Å². The van der Waals surface area contributed by atoms with Crippen molar-refractivity contribution in [1.29, 1.82) is 0 Å². The number of rotatable bonds is 7. The maximum absolute atomic E-state index is 12.9. The zero-order chi connectivity index (χ0) is 26.4. The van der Waals surface area contributed by atoms with E-state index in [2.05, 4.69) is 18.7 Å². The van der Waals surface area contributed by atoms with E-state index in [0.717, 1.165) is 28.9 Å². The van der Waals surface area contributed by atoms with Crippen LogP contribution in [0.15, 0.2) is 49.0 Å². The van der Waals surface area contributed by atoms with Gasteiger partial charge in [0, 0.05) is 0 Å². The number of carbonyl (C=O) groups is 2. The van der Waals surface area contributed by atoms with Gasteiger partial charge in [-0.15, -0.1) is 0 Å². The Morgan fingerprint density at radius 3 is 2.14 bits per heavy atom. The molecule has 4 saturated carbocycles. The van der Waals surface area contributed by atoms with Crippen molar-refractivity contribution in [3.63, 3.8) is 0 Å². The van der Waals surface area contributed by atoms with Crippen LogP contribution in [0.25, 0.3) is 16.7 Å². The third-order valence-corrected chi connectivity index (χ3v) is 8.28. The summed E-state index contributed by atoms with van der Waals surface area (Å²) in [6, 6.07) is 14.0. The largest absolute Gasteiger partial charge is 0.484 e. The van der Waals surface area contributed by atoms with Crippen LogP contribution in [-0.4, -0.2) is 29.3 Å². The van der Waals surface area contributed by atoms with E-state index in [1.165, 1.54) is 49.7 Å². The third-order valence-electron chi connectivity index (χ3n) is 8.28. The SMILES string of the molecule is C=C(C(=O)OC(C)(C)C)c1ccc(-c2ccc(OCC(=O)NO)cc2)c(C23CC4CC(CC(C4)C2)C3)c1. The van der Waals surface area contributed by atoms with E-state index in [4.69, 9.17) is 14.7 Å². The second-order valence-electron chi connectivity index (χ2n) is 12.3. The lowest BCUT2D eigenvalue weighted by Gasteiger charge is -2.57. The summed E-state index contributed by atoms with van der Waals surface area (Å²) in [5.41, 5.74) is 5.86. The Kier molecular flexibility index (Phi) is 6.65. The molecule has 0 atom stereocenters. The molecule has 4 aliphatic carbocycles. The van der Waals surface area contributed by atoms with E-state index in [9.17, 15) is 9.59 Å². The zero-order valence-corrected chi connectivity index (χ0v) is 22.0. The predicted octanol–water partition coefficient (Wildman–Crippen LogP) is 6.06. The molecule has 0 radical (unpaired) electrons. The summed E-state index contributed by atoms with van der Waals surface area (Å²) in [5.74, 6) is 1.92. The van der Waals surface area contributed by atoms with Crippen LogP contribution < -0.4 is 10.2 Å². The minimum atomic E-state index is -0.603. The first-order valence-corrected chi connectivity index (χ1v) is 13.3. The number of amides is 1. The summed E-state index contributed by atoms with van der Waals surface area (Å²) in [6.45, 7) is 9.46. The lowest BCUT2D eigenvalue weighted by atomic mass is 9.47. The second-order valence-corrected chi connectivity index (χ2v) is 12.3. The highest BCUT2D eigenvalue weighted by Gasteiger charge is 2.52. The molecule has 2 aromatic rings. The lowest BCUT2D eigenvalue weighted by molar-refractivity contribution is -0.147. The van der Waals surface area contributed by atoms with Crippen molar-refractivity contribution in [1.82, 2.24) is 5.48 Å². The number of esters is 1. The summed E-state index contributed by atoms with van der Waals surface area (Å²) in [5, 5.41) is 8.69. The highest BCUT2D eigenvalue weighted by atomic mass is 16.6. The van der Waals surface area contributed by atoms with Gasteiger partial charge in [0.05, 0.1) is 5.57 Å². The van der Waals surface area contributed by atoms with E-state index < -0.39 is 11.5 Å². The molecule has 0 aromatic heterocycles. The van der Waals surface area contributed by atoms with Crippen LogP contribution in [0.3, 0.4) is 0 Å². The van der Waals surface area contributed by atoms with E-state index in [1.807, 2.05) is 51.1 Å². The maximum atomic E-state index is 12.9. The molecule has 6 rings (SSSR count). The summed E-state index contributed by atoms with van der Waals surface area (Å²) in [7, 11) is 0. The number of carbonyl (C=O) groups excluding carboxylic acids is 2. The van der Waals surface area contributed by atoms with Crippen molar-refractivity contribution in [2.45, 2.75) is 70.3 Å². The number of ether oxygens (including phenoxy) is 2. The Morgan fingerprint density at radius 2 is 1.59 bits per heavy atom. The molecular formula is C31H37NO5. The van der Waals surface area contributed by atoms with Gasteiger partial charge in [-0.1, -0.05) is 30.8 Å². The van der Waals surface area contributed by atoms with E-state index in [0.29, 0.717) is 11.3 Å². The molecule has 4 fully saturated rings. The van der Waals surface area contributed by atoms with Crippen LogP contribution in [0, 0.1) is 17.8 Å². The van der Waals surface area contributed by atoms with E-state index >= 15 is 0 Å². The fraction of sp³-hybridized carbons (Fsp3) is 0.484. The number of nitrogens with one attached hydrogen (secondary N) is 1. The summed E-state index contributed by atoms with van der Waals surface area (Å²) in [6.07, 6.45) is 7.66. The normalized spacial score (nSPS) is 26.0. The van der Waals surface area contributed by atoms with Gasteiger partial charge in [-0.05, 0) is 123 Å². The molecule has 2 N–H and O–H groups in total. The van der Waals surface area contributed by atoms with Crippen molar-refractivity contribution >= 4 is 17.4 Å². The van der Waals surface area contributed by atoms with Gasteiger partial charge >= 0.3 is 5.97 Å². The predicted molar refractivity (Wildman–Crippen MR) is 142 cm³/mol.